The first kappa shape index (κ1) is 13.3. The lowest BCUT2D eigenvalue weighted by molar-refractivity contribution is -0.136. The number of hydrogen-bond acceptors (Lipinski definition) is 4. The Morgan fingerprint density at radius 1 is 1.47 bits per heavy atom. The molecular formula is C10H14N2O4S. The van der Waals surface area contributed by atoms with Gasteiger partial charge in [0, 0.05) is 5.69 Å². The molecule has 1 aromatic rings. The molecular weight excluding hydrogens is 244 g/mol. The molecule has 0 aromatic heterocycles. The molecule has 0 aliphatic carbocycles. The van der Waals surface area contributed by atoms with Crippen molar-refractivity contribution in [3.8, 4) is 0 Å². The summed E-state index contributed by atoms with van der Waals surface area (Å²) in [6, 6.07) is 4.84. The highest BCUT2D eigenvalue weighted by atomic mass is 32.2. The van der Waals surface area contributed by atoms with Gasteiger partial charge in [0.2, 0.25) is 10.0 Å². The topological polar surface area (TPSA) is 109 Å². The van der Waals surface area contributed by atoms with E-state index in [9.17, 15) is 13.2 Å². The van der Waals surface area contributed by atoms with Crippen molar-refractivity contribution in [2.45, 2.75) is 13.3 Å². The minimum Gasteiger partial charge on any atom is -0.481 e. The standard InChI is InChI=1S/C10H14N2O4S/c1-7-2-3-8(11)6-9(7)12-17(15,16)5-4-10(13)14/h2-3,6,12H,4-5,11H2,1H3,(H,13,14). The molecule has 0 saturated carbocycles. The molecule has 17 heavy (non-hydrogen) atoms. The van der Waals surface area contributed by atoms with E-state index in [-0.39, 0.29) is 0 Å². The molecule has 0 bridgehead atoms. The molecule has 94 valence electrons. The minimum atomic E-state index is -3.66. The number of benzene rings is 1. The monoisotopic (exact) mass is 258 g/mol. The lowest BCUT2D eigenvalue weighted by Crippen LogP contribution is -2.19. The summed E-state index contributed by atoms with van der Waals surface area (Å²) in [4.78, 5) is 10.3. The number of sulfonamides is 1. The van der Waals surface area contributed by atoms with Gasteiger partial charge in [-0.1, -0.05) is 6.07 Å². The van der Waals surface area contributed by atoms with Crippen molar-refractivity contribution < 1.29 is 18.3 Å². The van der Waals surface area contributed by atoms with Gasteiger partial charge in [0.05, 0.1) is 17.9 Å². The number of carbonyl (C=O) groups is 1. The molecule has 7 heteroatoms. The Bertz CT molecular complexity index is 525. The fourth-order valence-corrected chi connectivity index (χ4v) is 2.29. The second kappa shape index (κ2) is 5.05. The Hall–Kier alpha value is -1.76. The van der Waals surface area contributed by atoms with Crippen LogP contribution in [0.25, 0.3) is 0 Å². The third-order valence-corrected chi connectivity index (χ3v) is 3.38. The minimum absolute atomic E-state index is 0.371. The second-order valence-corrected chi connectivity index (χ2v) is 5.48. The molecule has 4 N–H and O–H groups in total. The van der Waals surface area contributed by atoms with Crippen molar-refractivity contribution in [2.75, 3.05) is 16.2 Å². The van der Waals surface area contributed by atoms with Crippen LogP contribution in [0.1, 0.15) is 12.0 Å². The van der Waals surface area contributed by atoms with Gasteiger partial charge in [-0.3, -0.25) is 9.52 Å². The van der Waals surface area contributed by atoms with E-state index in [1.807, 2.05) is 0 Å². The van der Waals surface area contributed by atoms with Crippen molar-refractivity contribution in [1.29, 1.82) is 0 Å². The molecule has 0 saturated heterocycles. The Labute approximate surface area is 99.5 Å². The van der Waals surface area contributed by atoms with E-state index in [2.05, 4.69) is 4.72 Å². The number of aryl methyl sites for hydroxylation is 1. The Morgan fingerprint density at radius 2 is 2.12 bits per heavy atom. The number of rotatable bonds is 5. The van der Waals surface area contributed by atoms with Gasteiger partial charge in [-0.25, -0.2) is 8.42 Å². The van der Waals surface area contributed by atoms with Crippen LogP contribution in [0.3, 0.4) is 0 Å². The average molecular weight is 258 g/mol. The molecule has 0 aliphatic rings. The maximum atomic E-state index is 11.6. The molecule has 0 aliphatic heterocycles. The Morgan fingerprint density at radius 3 is 2.71 bits per heavy atom. The van der Waals surface area contributed by atoms with Gasteiger partial charge in [-0.15, -0.1) is 0 Å². The van der Waals surface area contributed by atoms with Crippen molar-refractivity contribution in [3.05, 3.63) is 23.8 Å². The Kier molecular flexibility index (Phi) is 3.95. The van der Waals surface area contributed by atoms with Gasteiger partial charge >= 0.3 is 5.97 Å². The molecule has 0 amide bonds. The Balaban J connectivity index is 2.83. The zero-order chi connectivity index (χ0) is 13.1. The summed E-state index contributed by atoms with van der Waals surface area (Å²) < 4.78 is 25.4. The molecule has 0 fully saturated rings. The van der Waals surface area contributed by atoms with E-state index in [1.165, 1.54) is 6.07 Å². The average Bonchev–Trinajstić information content (AvgIpc) is 2.20. The molecule has 6 nitrogen and oxygen atoms in total. The molecule has 0 unspecified atom stereocenters. The zero-order valence-electron chi connectivity index (χ0n) is 9.30. The SMILES string of the molecule is Cc1ccc(N)cc1NS(=O)(=O)CCC(=O)O. The van der Waals surface area contributed by atoms with Crippen LogP contribution in [0.2, 0.25) is 0 Å². The van der Waals surface area contributed by atoms with Crippen LogP contribution in [0, 0.1) is 6.92 Å². The third kappa shape index (κ3) is 4.31. The van der Waals surface area contributed by atoms with E-state index in [0.717, 1.165) is 5.56 Å². The summed E-state index contributed by atoms with van der Waals surface area (Å²) in [6.07, 6.45) is -0.434. The summed E-state index contributed by atoms with van der Waals surface area (Å²) in [5, 5.41) is 8.43. The highest BCUT2D eigenvalue weighted by molar-refractivity contribution is 7.92. The summed E-state index contributed by atoms with van der Waals surface area (Å²) in [5.41, 5.74) is 7.07. The first-order chi connectivity index (χ1) is 7.80. The normalized spacial score (nSPS) is 11.1. The van der Waals surface area contributed by atoms with Gasteiger partial charge in [0.25, 0.3) is 0 Å². The number of anilines is 2. The number of hydrogen-bond donors (Lipinski definition) is 3. The van der Waals surface area contributed by atoms with Gasteiger partial charge in [0.1, 0.15) is 0 Å². The van der Waals surface area contributed by atoms with E-state index in [1.54, 1.807) is 19.1 Å². The lowest BCUT2D eigenvalue weighted by atomic mass is 10.2. The third-order valence-electron chi connectivity index (χ3n) is 2.11. The summed E-state index contributed by atoms with van der Waals surface area (Å²) in [6.45, 7) is 1.73. The van der Waals surface area contributed by atoms with Crippen molar-refractivity contribution in [3.63, 3.8) is 0 Å². The number of nitrogens with one attached hydrogen (secondary N) is 1. The van der Waals surface area contributed by atoms with Crippen LogP contribution >= 0.6 is 0 Å². The first-order valence-electron chi connectivity index (χ1n) is 4.88. The number of carboxylic acids is 1. The smallest absolute Gasteiger partial charge is 0.304 e. The maximum Gasteiger partial charge on any atom is 0.304 e. The van der Waals surface area contributed by atoms with E-state index >= 15 is 0 Å². The second-order valence-electron chi connectivity index (χ2n) is 3.64. The molecule has 1 aromatic carbocycles. The van der Waals surface area contributed by atoms with Gasteiger partial charge in [-0.2, -0.15) is 0 Å². The number of nitrogens with two attached hydrogens (primary N) is 1. The number of nitrogen functional groups attached to an aromatic ring is 1. The molecule has 0 spiro atoms. The lowest BCUT2D eigenvalue weighted by Gasteiger charge is -2.10. The number of aliphatic carboxylic acids is 1. The molecule has 1 rings (SSSR count). The summed E-state index contributed by atoms with van der Waals surface area (Å²) in [5.74, 6) is -1.61. The van der Waals surface area contributed by atoms with Crippen LogP contribution in [-0.2, 0) is 14.8 Å². The van der Waals surface area contributed by atoms with Crippen LogP contribution in [-0.4, -0.2) is 25.2 Å². The largest absolute Gasteiger partial charge is 0.481 e. The van der Waals surface area contributed by atoms with E-state index < -0.39 is 28.2 Å². The van der Waals surface area contributed by atoms with E-state index in [4.69, 9.17) is 10.8 Å². The maximum absolute atomic E-state index is 11.6. The van der Waals surface area contributed by atoms with Crippen LogP contribution in [0.15, 0.2) is 18.2 Å². The predicted octanol–water partition coefficient (Wildman–Crippen LogP) is 0.794. The fraction of sp³-hybridized carbons (Fsp3) is 0.300. The number of carboxylic acid groups (broad SMARTS) is 1. The quantitative estimate of drug-likeness (QED) is 0.676. The van der Waals surface area contributed by atoms with Crippen molar-refractivity contribution in [1.82, 2.24) is 0 Å². The van der Waals surface area contributed by atoms with Gasteiger partial charge in [-0.05, 0) is 24.6 Å². The van der Waals surface area contributed by atoms with Crippen LogP contribution < -0.4 is 10.5 Å². The highest BCUT2D eigenvalue weighted by Gasteiger charge is 2.14. The highest BCUT2D eigenvalue weighted by Crippen LogP contribution is 2.19. The fourth-order valence-electron chi connectivity index (χ4n) is 1.19. The molecule has 0 heterocycles. The van der Waals surface area contributed by atoms with Crippen molar-refractivity contribution in [2.24, 2.45) is 0 Å². The first-order valence-corrected chi connectivity index (χ1v) is 6.54. The van der Waals surface area contributed by atoms with Crippen LogP contribution in [0.5, 0.6) is 0 Å². The van der Waals surface area contributed by atoms with Gasteiger partial charge < -0.3 is 10.8 Å². The summed E-state index contributed by atoms with van der Waals surface area (Å²) in [7, 11) is -3.66. The van der Waals surface area contributed by atoms with Crippen molar-refractivity contribution >= 4 is 27.4 Å². The predicted molar refractivity (Wildman–Crippen MR) is 65.3 cm³/mol. The molecule has 0 radical (unpaired) electrons. The van der Waals surface area contributed by atoms with Gasteiger partial charge in [0.15, 0.2) is 0 Å². The van der Waals surface area contributed by atoms with E-state index in [0.29, 0.717) is 11.4 Å². The molecule has 0 atom stereocenters. The summed E-state index contributed by atoms with van der Waals surface area (Å²) >= 11 is 0. The zero-order valence-corrected chi connectivity index (χ0v) is 10.1. The van der Waals surface area contributed by atoms with Crippen LogP contribution in [0.4, 0.5) is 11.4 Å².